The molecule has 1 amide bonds. The number of carbonyl (C=O) groups is 1. The summed E-state index contributed by atoms with van der Waals surface area (Å²) in [6.45, 7) is 11.7. The molecule has 1 aliphatic rings. The summed E-state index contributed by atoms with van der Waals surface area (Å²) < 4.78 is 0. The highest BCUT2D eigenvalue weighted by Crippen LogP contribution is 2.08. The van der Waals surface area contributed by atoms with Gasteiger partial charge in [-0.1, -0.05) is 13.3 Å². The number of nitrogens with zero attached hydrogens (tertiary/aromatic N) is 1. The Hall–Kier alpha value is -0.610. The van der Waals surface area contributed by atoms with Gasteiger partial charge in [0, 0.05) is 18.1 Å². The largest absolute Gasteiger partial charge is 0.350 e. The third kappa shape index (κ3) is 6.36. The first-order valence-electron chi connectivity index (χ1n) is 7.17. The van der Waals surface area contributed by atoms with E-state index in [0.29, 0.717) is 12.6 Å². The Bertz CT molecular complexity index is 254. The van der Waals surface area contributed by atoms with Gasteiger partial charge in [-0.2, -0.15) is 0 Å². The fourth-order valence-corrected chi connectivity index (χ4v) is 2.36. The van der Waals surface area contributed by atoms with Crippen LogP contribution in [0.3, 0.4) is 0 Å². The lowest BCUT2D eigenvalue weighted by molar-refractivity contribution is -0.123. The zero-order chi connectivity index (χ0) is 13.6. The maximum atomic E-state index is 11.9. The van der Waals surface area contributed by atoms with E-state index in [-0.39, 0.29) is 11.4 Å². The second-order valence-electron chi connectivity index (χ2n) is 6.27. The zero-order valence-corrected chi connectivity index (χ0v) is 12.4. The predicted molar refractivity (Wildman–Crippen MR) is 75.7 cm³/mol. The van der Waals surface area contributed by atoms with Crippen LogP contribution in [-0.2, 0) is 4.79 Å². The highest BCUT2D eigenvalue weighted by Gasteiger charge is 2.19. The average Bonchev–Trinajstić information content (AvgIpc) is 2.27. The molecule has 0 bridgehead atoms. The predicted octanol–water partition coefficient (Wildman–Crippen LogP) is 1.37. The van der Waals surface area contributed by atoms with Crippen LogP contribution in [0.15, 0.2) is 0 Å². The first-order valence-corrected chi connectivity index (χ1v) is 7.17. The quantitative estimate of drug-likeness (QED) is 0.780. The van der Waals surface area contributed by atoms with Crippen molar-refractivity contribution in [1.82, 2.24) is 15.5 Å². The summed E-state index contributed by atoms with van der Waals surface area (Å²) in [5.41, 5.74) is -0.139. The number of piperidine rings is 1. The summed E-state index contributed by atoms with van der Waals surface area (Å²) in [6.07, 6.45) is 3.83. The van der Waals surface area contributed by atoms with E-state index in [9.17, 15) is 4.79 Å². The molecule has 0 saturated carbocycles. The smallest absolute Gasteiger partial charge is 0.234 e. The molecular weight excluding hydrogens is 226 g/mol. The molecule has 0 aromatic heterocycles. The molecule has 0 spiro atoms. The number of rotatable bonds is 5. The molecular formula is C14H29N3O. The normalized spacial score (nSPS) is 21.1. The highest BCUT2D eigenvalue weighted by atomic mass is 16.2. The van der Waals surface area contributed by atoms with Crippen molar-refractivity contribution in [2.24, 2.45) is 0 Å². The Morgan fingerprint density at radius 1 is 1.39 bits per heavy atom. The molecule has 1 unspecified atom stereocenters. The fourth-order valence-electron chi connectivity index (χ4n) is 2.36. The maximum Gasteiger partial charge on any atom is 0.234 e. The standard InChI is InChI=1S/C14H29N3O/c1-5-17(10-12-8-6-7-9-15-12)11-13(18)16-14(2,3)4/h12,15H,5-11H2,1-4H3,(H,16,18). The molecule has 1 fully saturated rings. The van der Waals surface area contributed by atoms with Crippen LogP contribution >= 0.6 is 0 Å². The molecule has 1 atom stereocenters. The van der Waals surface area contributed by atoms with Crippen LogP contribution in [0, 0.1) is 0 Å². The fraction of sp³-hybridized carbons (Fsp3) is 0.929. The van der Waals surface area contributed by atoms with Gasteiger partial charge in [0.25, 0.3) is 0 Å². The molecule has 2 N–H and O–H groups in total. The monoisotopic (exact) mass is 255 g/mol. The van der Waals surface area contributed by atoms with E-state index >= 15 is 0 Å². The van der Waals surface area contributed by atoms with Crippen LogP contribution in [0.5, 0.6) is 0 Å². The summed E-state index contributed by atoms with van der Waals surface area (Å²) in [5, 5.41) is 6.55. The van der Waals surface area contributed by atoms with Crippen molar-refractivity contribution in [2.45, 2.75) is 58.5 Å². The summed E-state index contributed by atoms with van der Waals surface area (Å²) in [6, 6.07) is 0.557. The molecule has 106 valence electrons. The Labute approximate surface area is 111 Å². The molecule has 0 aromatic rings. The molecule has 1 saturated heterocycles. The summed E-state index contributed by atoms with van der Waals surface area (Å²) in [4.78, 5) is 14.1. The van der Waals surface area contributed by atoms with Gasteiger partial charge < -0.3 is 10.6 Å². The minimum atomic E-state index is -0.139. The van der Waals surface area contributed by atoms with Crippen molar-refractivity contribution < 1.29 is 4.79 Å². The van der Waals surface area contributed by atoms with Gasteiger partial charge >= 0.3 is 0 Å². The van der Waals surface area contributed by atoms with Crippen LogP contribution in [0.4, 0.5) is 0 Å². The van der Waals surface area contributed by atoms with Gasteiger partial charge in [-0.05, 0) is 46.7 Å². The SMILES string of the molecule is CCN(CC(=O)NC(C)(C)C)CC1CCCCN1. The second-order valence-corrected chi connectivity index (χ2v) is 6.27. The van der Waals surface area contributed by atoms with Crippen molar-refractivity contribution in [3.63, 3.8) is 0 Å². The van der Waals surface area contributed by atoms with Crippen molar-refractivity contribution in [3.8, 4) is 0 Å². The van der Waals surface area contributed by atoms with E-state index in [0.717, 1.165) is 19.6 Å². The lowest BCUT2D eigenvalue weighted by Crippen LogP contribution is -2.49. The number of amides is 1. The van der Waals surface area contributed by atoms with Crippen molar-refractivity contribution in [1.29, 1.82) is 0 Å². The molecule has 1 heterocycles. The van der Waals surface area contributed by atoms with E-state index in [4.69, 9.17) is 0 Å². The lowest BCUT2D eigenvalue weighted by Gasteiger charge is -2.30. The van der Waals surface area contributed by atoms with Gasteiger partial charge in [-0.15, -0.1) is 0 Å². The third-order valence-corrected chi connectivity index (χ3v) is 3.22. The van der Waals surface area contributed by atoms with E-state index in [1.165, 1.54) is 19.3 Å². The Morgan fingerprint density at radius 2 is 2.11 bits per heavy atom. The molecule has 0 aromatic carbocycles. The summed E-state index contributed by atoms with van der Waals surface area (Å²) in [5.74, 6) is 0.125. The molecule has 4 nitrogen and oxygen atoms in total. The van der Waals surface area contributed by atoms with Crippen molar-refractivity contribution >= 4 is 5.91 Å². The number of nitrogens with one attached hydrogen (secondary N) is 2. The van der Waals surface area contributed by atoms with Gasteiger partial charge in [-0.3, -0.25) is 9.69 Å². The maximum absolute atomic E-state index is 11.9. The van der Waals surface area contributed by atoms with Gasteiger partial charge in [0.05, 0.1) is 6.54 Å². The van der Waals surface area contributed by atoms with Gasteiger partial charge in [0.15, 0.2) is 0 Å². The van der Waals surface area contributed by atoms with Crippen molar-refractivity contribution in [3.05, 3.63) is 0 Å². The summed E-state index contributed by atoms with van der Waals surface area (Å²) in [7, 11) is 0. The van der Waals surface area contributed by atoms with Gasteiger partial charge in [0.1, 0.15) is 0 Å². The third-order valence-electron chi connectivity index (χ3n) is 3.22. The number of hydrogen-bond donors (Lipinski definition) is 2. The van der Waals surface area contributed by atoms with Crippen LogP contribution in [-0.4, -0.2) is 48.6 Å². The Morgan fingerprint density at radius 3 is 2.61 bits per heavy atom. The Kier molecular flexibility index (Phi) is 6.09. The van der Waals surface area contributed by atoms with Crippen LogP contribution in [0.25, 0.3) is 0 Å². The van der Waals surface area contributed by atoms with Gasteiger partial charge in [-0.25, -0.2) is 0 Å². The average molecular weight is 255 g/mol. The zero-order valence-electron chi connectivity index (χ0n) is 12.4. The van der Waals surface area contributed by atoms with E-state index in [2.05, 4.69) is 22.5 Å². The molecule has 0 aliphatic carbocycles. The molecule has 1 rings (SSSR count). The topological polar surface area (TPSA) is 44.4 Å². The molecule has 4 heteroatoms. The van der Waals surface area contributed by atoms with Crippen LogP contribution < -0.4 is 10.6 Å². The number of likely N-dealkylation sites (N-methyl/N-ethyl adjacent to an activating group) is 1. The van der Waals surface area contributed by atoms with E-state index < -0.39 is 0 Å². The first kappa shape index (κ1) is 15.4. The highest BCUT2D eigenvalue weighted by molar-refractivity contribution is 5.78. The number of carbonyl (C=O) groups excluding carboxylic acids is 1. The summed E-state index contributed by atoms with van der Waals surface area (Å²) >= 11 is 0. The molecule has 1 aliphatic heterocycles. The van der Waals surface area contributed by atoms with Gasteiger partial charge in [0.2, 0.25) is 5.91 Å². The Balaban J connectivity index is 2.34. The molecule has 0 radical (unpaired) electrons. The first-order chi connectivity index (χ1) is 8.40. The minimum absolute atomic E-state index is 0.125. The van der Waals surface area contributed by atoms with E-state index in [1.54, 1.807) is 0 Å². The lowest BCUT2D eigenvalue weighted by atomic mass is 10.0. The van der Waals surface area contributed by atoms with Crippen molar-refractivity contribution in [2.75, 3.05) is 26.2 Å². The van der Waals surface area contributed by atoms with E-state index in [1.807, 2.05) is 20.8 Å². The van der Waals surface area contributed by atoms with Crippen LogP contribution in [0.2, 0.25) is 0 Å². The minimum Gasteiger partial charge on any atom is -0.350 e. The molecule has 18 heavy (non-hydrogen) atoms. The number of hydrogen-bond acceptors (Lipinski definition) is 3. The second kappa shape index (κ2) is 7.10. The van der Waals surface area contributed by atoms with Crippen LogP contribution in [0.1, 0.15) is 47.0 Å².